The van der Waals surface area contributed by atoms with Crippen LogP contribution in [0.5, 0.6) is 0 Å². The molecule has 152 valence electrons. The average molecular weight is 422 g/mol. The van der Waals surface area contributed by atoms with Gasteiger partial charge in [-0.25, -0.2) is 4.98 Å². The predicted molar refractivity (Wildman–Crippen MR) is 114 cm³/mol. The zero-order chi connectivity index (χ0) is 21.1. The Kier molecular flexibility index (Phi) is 5.62. The second-order valence-corrected chi connectivity index (χ2v) is 7.74. The van der Waals surface area contributed by atoms with Crippen molar-refractivity contribution in [1.82, 2.24) is 14.9 Å². The molecule has 0 aliphatic carbocycles. The lowest BCUT2D eigenvalue weighted by atomic mass is 10.2. The Bertz CT molecular complexity index is 1170. The summed E-state index contributed by atoms with van der Waals surface area (Å²) in [6, 6.07) is 14.0. The number of aryl methyl sites for hydroxylation is 1. The molecular weight excluding hydrogens is 404 g/mol. The van der Waals surface area contributed by atoms with Crippen LogP contribution in [0.15, 0.2) is 53.3 Å². The molecule has 0 saturated carbocycles. The SMILES string of the molecule is O=C(CCc1nc2ccccc2c(=O)[nH]1)Nc1ccc(CN2C(=O)CSC2=O)cc1. The van der Waals surface area contributed by atoms with Gasteiger partial charge in [0.25, 0.3) is 10.8 Å². The van der Waals surface area contributed by atoms with Crippen LogP contribution in [0.25, 0.3) is 10.9 Å². The van der Waals surface area contributed by atoms with E-state index in [9.17, 15) is 19.2 Å². The van der Waals surface area contributed by atoms with Crippen LogP contribution in [0.1, 0.15) is 17.8 Å². The van der Waals surface area contributed by atoms with E-state index >= 15 is 0 Å². The number of nitrogens with one attached hydrogen (secondary N) is 2. The summed E-state index contributed by atoms with van der Waals surface area (Å²) in [4.78, 5) is 56.0. The molecular formula is C21H18N4O4S. The number of carbonyl (C=O) groups is 3. The number of aromatic amines is 1. The fourth-order valence-electron chi connectivity index (χ4n) is 3.12. The molecule has 2 aromatic carbocycles. The van der Waals surface area contributed by atoms with Gasteiger partial charge in [0.05, 0.1) is 23.2 Å². The highest BCUT2D eigenvalue weighted by atomic mass is 32.2. The molecule has 30 heavy (non-hydrogen) atoms. The molecule has 4 rings (SSSR count). The molecule has 1 saturated heterocycles. The van der Waals surface area contributed by atoms with E-state index < -0.39 is 0 Å². The number of thioether (sulfide) groups is 1. The molecule has 0 spiro atoms. The van der Waals surface area contributed by atoms with Gasteiger partial charge in [-0.05, 0) is 29.8 Å². The van der Waals surface area contributed by atoms with E-state index in [2.05, 4.69) is 15.3 Å². The Labute approximate surface area is 175 Å². The first-order valence-electron chi connectivity index (χ1n) is 9.33. The lowest BCUT2D eigenvalue weighted by Crippen LogP contribution is -2.27. The predicted octanol–water partition coefficient (Wildman–Crippen LogP) is 2.69. The maximum absolute atomic E-state index is 12.3. The zero-order valence-electron chi connectivity index (χ0n) is 15.9. The molecule has 0 unspecified atom stereocenters. The van der Waals surface area contributed by atoms with Crippen LogP contribution in [0.3, 0.4) is 0 Å². The summed E-state index contributed by atoms with van der Waals surface area (Å²) in [5.41, 5.74) is 1.79. The number of hydrogen-bond donors (Lipinski definition) is 2. The molecule has 2 N–H and O–H groups in total. The maximum Gasteiger partial charge on any atom is 0.289 e. The van der Waals surface area contributed by atoms with Crippen LogP contribution in [0.4, 0.5) is 10.5 Å². The highest BCUT2D eigenvalue weighted by molar-refractivity contribution is 8.14. The molecule has 3 aromatic rings. The number of amides is 3. The Morgan fingerprint density at radius 1 is 1.10 bits per heavy atom. The minimum atomic E-state index is -0.238. The number of anilines is 1. The van der Waals surface area contributed by atoms with Crippen LogP contribution in [-0.2, 0) is 22.6 Å². The van der Waals surface area contributed by atoms with Crippen molar-refractivity contribution in [2.24, 2.45) is 0 Å². The second kappa shape index (κ2) is 8.50. The van der Waals surface area contributed by atoms with Gasteiger partial charge < -0.3 is 10.3 Å². The van der Waals surface area contributed by atoms with E-state index in [-0.39, 0.29) is 41.3 Å². The van der Waals surface area contributed by atoms with Crippen LogP contribution in [0, 0.1) is 0 Å². The van der Waals surface area contributed by atoms with Crippen LogP contribution < -0.4 is 10.9 Å². The molecule has 0 bridgehead atoms. The molecule has 1 aliphatic heterocycles. The Morgan fingerprint density at radius 2 is 1.87 bits per heavy atom. The van der Waals surface area contributed by atoms with E-state index in [4.69, 9.17) is 0 Å². The normalized spacial score (nSPS) is 13.8. The van der Waals surface area contributed by atoms with Crippen molar-refractivity contribution < 1.29 is 14.4 Å². The monoisotopic (exact) mass is 422 g/mol. The molecule has 3 amide bonds. The first-order valence-corrected chi connectivity index (χ1v) is 10.3. The zero-order valence-corrected chi connectivity index (χ0v) is 16.7. The summed E-state index contributed by atoms with van der Waals surface area (Å²) in [5, 5.41) is 3.07. The van der Waals surface area contributed by atoms with Crippen molar-refractivity contribution in [1.29, 1.82) is 0 Å². The minimum absolute atomic E-state index is 0.164. The van der Waals surface area contributed by atoms with Gasteiger partial charge in [0.15, 0.2) is 0 Å². The quantitative estimate of drug-likeness (QED) is 0.632. The molecule has 1 fully saturated rings. The number of benzene rings is 2. The van der Waals surface area contributed by atoms with E-state index in [0.717, 1.165) is 17.3 Å². The summed E-state index contributed by atoms with van der Waals surface area (Å²) in [5.74, 6) is 0.245. The van der Waals surface area contributed by atoms with Crippen molar-refractivity contribution in [3.63, 3.8) is 0 Å². The number of aromatic nitrogens is 2. The van der Waals surface area contributed by atoms with E-state index in [0.29, 0.717) is 28.8 Å². The van der Waals surface area contributed by atoms with Gasteiger partial charge in [0.2, 0.25) is 11.8 Å². The Hall–Kier alpha value is -3.46. The van der Waals surface area contributed by atoms with Crippen molar-refractivity contribution in [2.45, 2.75) is 19.4 Å². The Balaban J connectivity index is 1.33. The fraction of sp³-hybridized carbons (Fsp3) is 0.190. The number of carbonyl (C=O) groups excluding carboxylic acids is 3. The van der Waals surface area contributed by atoms with Gasteiger partial charge in [0.1, 0.15) is 5.82 Å². The maximum atomic E-state index is 12.3. The van der Waals surface area contributed by atoms with Gasteiger partial charge in [0, 0.05) is 18.5 Å². The van der Waals surface area contributed by atoms with Gasteiger partial charge in [-0.3, -0.25) is 24.1 Å². The third-order valence-electron chi connectivity index (χ3n) is 4.67. The molecule has 9 heteroatoms. The summed E-state index contributed by atoms with van der Waals surface area (Å²) < 4.78 is 0. The third kappa shape index (κ3) is 4.41. The van der Waals surface area contributed by atoms with E-state index in [1.807, 2.05) is 6.07 Å². The number of fused-ring (bicyclic) bond motifs is 1. The average Bonchev–Trinajstić information content (AvgIpc) is 3.06. The molecule has 8 nitrogen and oxygen atoms in total. The number of nitrogens with zero attached hydrogens (tertiary/aromatic N) is 2. The lowest BCUT2D eigenvalue weighted by Gasteiger charge is -2.13. The summed E-state index contributed by atoms with van der Waals surface area (Å²) in [6.45, 7) is 0.222. The molecule has 1 aromatic heterocycles. The number of para-hydroxylation sites is 1. The topological polar surface area (TPSA) is 112 Å². The van der Waals surface area contributed by atoms with Crippen molar-refractivity contribution in [2.75, 3.05) is 11.1 Å². The fourth-order valence-corrected chi connectivity index (χ4v) is 3.84. The first kappa shape index (κ1) is 19.8. The minimum Gasteiger partial charge on any atom is -0.326 e. The second-order valence-electron chi connectivity index (χ2n) is 6.81. The molecule has 1 aliphatic rings. The van der Waals surface area contributed by atoms with Crippen LogP contribution in [0.2, 0.25) is 0 Å². The third-order valence-corrected chi connectivity index (χ3v) is 5.53. The van der Waals surface area contributed by atoms with Crippen molar-refractivity contribution in [3.05, 3.63) is 70.3 Å². The van der Waals surface area contributed by atoms with E-state index in [1.165, 1.54) is 4.90 Å². The summed E-state index contributed by atoms with van der Waals surface area (Å²) in [6.07, 6.45) is 0.470. The molecule has 2 heterocycles. The van der Waals surface area contributed by atoms with Gasteiger partial charge >= 0.3 is 0 Å². The van der Waals surface area contributed by atoms with Crippen LogP contribution in [-0.4, -0.2) is 37.7 Å². The standard InChI is InChI=1S/C21H18N4O4S/c26-18(10-9-17-23-16-4-2-1-3-15(16)20(28)24-17)22-14-7-5-13(6-8-14)11-25-19(27)12-30-21(25)29/h1-8H,9-12H2,(H,22,26)(H,23,24,28). The number of rotatable bonds is 6. The van der Waals surface area contributed by atoms with E-state index in [1.54, 1.807) is 42.5 Å². The van der Waals surface area contributed by atoms with Crippen molar-refractivity contribution >= 4 is 45.4 Å². The number of H-pyrrole nitrogens is 1. The summed E-state index contributed by atoms with van der Waals surface area (Å²) in [7, 11) is 0. The lowest BCUT2D eigenvalue weighted by molar-refractivity contribution is -0.125. The van der Waals surface area contributed by atoms with Crippen LogP contribution >= 0.6 is 11.8 Å². The molecule has 0 atom stereocenters. The van der Waals surface area contributed by atoms with Crippen molar-refractivity contribution in [3.8, 4) is 0 Å². The number of imide groups is 1. The van der Waals surface area contributed by atoms with Gasteiger partial charge in [-0.2, -0.15) is 0 Å². The van der Waals surface area contributed by atoms with Gasteiger partial charge in [-0.1, -0.05) is 36.0 Å². The molecule has 0 radical (unpaired) electrons. The summed E-state index contributed by atoms with van der Waals surface area (Å²) >= 11 is 1.00. The number of hydrogen-bond acceptors (Lipinski definition) is 6. The Morgan fingerprint density at radius 3 is 2.60 bits per heavy atom. The van der Waals surface area contributed by atoms with Gasteiger partial charge in [-0.15, -0.1) is 0 Å². The highest BCUT2D eigenvalue weighted by Gasteiger charge is 2.29. The highest BCUT2D eigenvalue weighted by Crippen LogP contribution is 2.22. The largest absolute Gasteiger partial charge is 0.326 e. The smallest absolute Gasteiger partial charge is 0.289 e. The first-order chi connectivity index (χ1) is 14.5.